The molecular formula is C12H17BrFNO. The summed E-state index contributed by atoms with van der Waals surface area (Å²) in [5.41, 5.74) is 5.73. The Morgan fingerprint density at radius 3 is 2.62 bits per heavy atom. The number of nitrogens with two attached hydrogens (primary N) is 1. The summed E-state index contributed by atoms with van der Waals surface area (Å²) >= 11 is 3.21. The highest BCUT2D eigenvalue weighted by molar-refractivity contribution is 9.10. The van der Waals surface area contributed by atoms with Gasteiger partial charge in [0.1, 0.15) is 5.82 Å². The molecule has 2 atom stereocenters. The molecule has 1 aromatic rings. The van der Waals surface area contributed by atoms with Crippen LogP contribution in [0.3, 0.4) is 0 Å². The third-order valence-corrected chi connectivity index (χ3v) is 3.58. The first-order valence-corrected chi connectivity index (χ1v) is 6.00. The van der Waals surface area contributed by atoms with E-state index in [0.717, 1.165) is 0 Å². The van der Waals surface area contributed by atoms with Crippen LogP contribution in [0.15, 0.2) is 22.7 Å². The molecule has 1 rings (SSSR count). The van der Waals surface area contributed by atoms with Gasteiger partial charge < -0.3 is 10.8 Å². The van der Waals surface area contributed by atoms with Crippen molar-refractivity contribution < 1.29 is 9.50 Å². The lowest BCUT2D eigenvalue weighted by molar-refractivity contribution is 0.0583. The number of aliphatic hydroxyl groups is 1. The first-order chi connectivity index (χ1) is 7.39. The molecule has 0 radical (unpaired) electrons. The van der Waals surface area contributed by atoms with Gasteiger partial charge in [-0.25, -0.2) is 4.39 Å². The summed E-state index contributed by atoms with van der Waals surface area (Å²) in [6, 6.07) is 4.93. The molecule has 0 amide bonds. The highest BCUT2D eigenvalue weighted by Crippen LogP contribution is 2.27. The average Bonchev–Trinajstić information content (AvgIpc) is 2.22. The highest BCUT2D eigenvalue weighted by atomic mass is 79.9. The third-order valence-electron chi connectivity index (χ3n) is 3.08. The molecule has 0 aliphatic rings. The quantitative estimate of drug-likeness (QED) is 0.895. The summed E-state index contributed by atoms with van der Waals surface area (Å²) in [6.45, 7) is 3.86. The summed E-state index contributed by atoms with van der Waals surface area (Å²) < 4.78 is 14.3. The molecule has 2 unspecified atom stereocenters. The van der Waals surface area contributed by atoms with Gasteiger partial charge in [-0.05, 0) is 31.0 Å². The van der Waals surface area contributed by atoms with Gasteiger partial charge in [0, 0.05) is 16.4 Å². The second-order valence-electron chi connectivity index (χ2n) is 4.45. The maximum atomic E-state index is 13.6. The fraction of sp³-hybridized carbons (Fsp3) is 0.500. The smallest absolute Gasteiger partial charge is 0.127 e. The normalized spacial score (nSPS) is 16.9. The van der Waals surface area contributed by atoms with Crippen molar-refractivity contribution in [1.29, 1.82) is 0 Å². The topological polar surface area (TPSA) is 46.2 Å². The SMILES string of the molecule is CC(O)C(C)(CN)Cc1ccc(Br)cc1F. The number of hydrogen-bond acceptors (Lipinski definition) is 2. The van der Waals surface area contributed by atoms with Gasteiger partial charge in [0.2, 0.25) is 0 Å². The zero-order chi connectivity index (χ0) is 12.3. The fourth-order valence-corrected chi connectivity index (χ4v) is 1.82. The van der Waals surface area contributed by atoms with Crippen LogP contribution in [0.1, 0.15) is 19.4 Å². The Hall–Kier alpha value is -0.450. The van der Waals surface area contributed by atoms with Crippen LogP contribution in [0.4, 0.5) is 4.39 Å². The van der Waals surface area contributed by atoms with Crippen LogP contribution >= 0.6 is 15.9 Å². The predicted octanol–water partition coefficient (Wildman–Crippen LogP) is 2.48. The van der Waals surface area contributed by atoms with Crippen molar-refractivity contribution in [3.05, 3.63) is 34.1 Å². The molecule has 0 heterocycles. The molecule has 0 aromatic heterocycles. The van der Waals surface area contributed by atoms with Gasteiger partial charge >= 0.3 is 0 Å². The van der Waals surface area contributed by atoms with Crippen LogP contribution < -0.4 is 5.73 Å². The third kappa shape index (κ3) is 3.03. The monoisotopic (exact) mass is 289 g/mol. The van der Waals surface area contributed by atoms with Gasteiger partial charge in [-0.15, -0.1) is 0 Å². The van der Waals surface area contributed by atoms with E-state index in [4.69, 9.17) is 5.73 Å². The molecule has 90 valence electrons. The van der Waals surface area contributed by atoms with E-state index in [1.54, 1.807) is 19.1 Å². The number of aliphatic hydroxyl groups excluding tert-OH is 1. The van der Waals surface area contributed by atoms with Crippen LogP contribution in [-0.2, 0) is 6.42 Å². The van der Waals surface area contributed by atoms with Gasteiger partial charge in [0.15, 0.2) is 0 Å². The molecule has 0 aliphatic carbocycles. The minimum absolute atomic E-state index is 0.269. The highest BCUT2D eigenvalue weighted by Gasteiger charge is 2.29. The lowest BCUT2D eigenvalue weighted by atomic mass is 9.79. The largest absolute Gasteiger partial charge is 0.393 e. The van der Waals surface area contributed by atoms with Gasteiger partial charge in [-0.2, -0.15) is 0 Å². The zero-order valence-electron chi connectivity index (χ0n) is 9.50. The lowest BCUT2D eigenvalue weighted by Gasteiger charge is -2.31. The van der Waals surface area contributed by atoms with E-state index in [1.165, 1.54) is 6.07 Å². The summed E-state index contributed by atoms with van der Waals surface area (Å²) in [6.07, 6.45) is -0.138. The van der Waals surface area contributed by atoms with Crippen molar-refractivity contribution in [2.75, 3.05) is 6.54 Å². The second kappa shape index (κ2) is 5.25. The molecule has 0 saturated heterocycles. The Morgan fingerprint density at radius 1 is 1.56 bits per heavy atom. The average molecular weight is 290 g/mol. The first-order valence-electron chi connectivity index (χ1n) is 5.21. The Bertz CT molecular complexity index is 370. The van der Waals surface area contributed by atoms with E-state index < -0.39 is 11.5 Å². The van der Waals surface area contributed by atoms with Crippen molar-refractivity contribution >= 4 is 15.9 Å². The summed E-state index contributed by atoms with van der Waals surface area (Å²) in [4.78, 5) is 0. The second-order valence-corrected chi connectivity index (χ2v) is 5.36. The molecule has 1 aromatic carbocycles. The molecule has 4 heteroatoms. The molecule has 0 fully saturated rings. The minimum atomic E-state index is -0.569. The van der Waals surface area contributed by atoms with E-state index >= 15 is 0 Å². The Morgan fingerprint density at radius 2 is 2.19 bits per heavy atom. The minimum Gasteiger partial charge on any atom is -0.393 e. The van der Waals surface area contributed by atoms with Crippen LogP contribution in [0.25, 0.3) is 0 Å². The Balaban J connectivity index is 2.95. The maximum absolute atomic E-state index is 13.6. The Kier molecular flexibility index (Phi) is 4.47. The molecule has 0 bridgehead atoms. The first kappa shape index (κ1) is 13.6. The zero-order valence-corrected chi connectivity index (χ0v) is 11.1. The van der Waals surface area contributed by atoms with Crippen molar-refractivity contribution in [2.45, 2.75) is 26.4 Å². The van der Waals surface area contributed by atoms with Gasteiger partial charge in [0.25, 0.3) is 0 Å². The number of hydrogen-bond donors (Lipinski definition) is 2. The van der Waals surface area contributed by atoms with Gasteiger partial charge in [-0.1, -0.05) is 28.9 Å². The number of benzene rings is 1. The number of rotatable bonds is 4. The van der Waals surface area contributed by atoms with Crippen molar-refractivity contribution in [3.8, 4) is 0 Å². The Labute approximate surface area is 104 Å². The summed E-state index contributed by atoms with van der Waals surface area (Å²) in [5, 5.41) is 9.67. The van der Waals surface area contributed by atoms with Crippen molar-refractivity contribution in [1.82, 2.24) is 0 Å². The van der Waals surface area contributed by atoms with Crippen LogP contribution in [-0.4, -0.2) is 17.8 Å². The van der Waals surface area contributed by atoms with E-state index in [0.29, 0.717) is 23.0 Å². The molecule has 0 spiro atoms. The molecule has 0 saturated carbocycles. The fourth-order valence-electron chi connectivity index (χ4n) is 1.49. The van der Waals surface area contributed by atoms with Crippen molar-refractivity contribution in [3.63, 3.8) is 0 Å². The molecule has 16 heavy (non-hydrogen) atoms. The van der Waals surface area contributed by atoms with Gasteiger partial charge in [0.05, 0.1) is 6.10 Å². The molecular weight excluding hydrogens is 273 g/mol. The number of halogens is 2. The molecule has 0 aliphatic heterocycles. The van der Waals surface area contributed by atoms with E-state index in [9.17, 15) is 9.50 Å². The van der Waals surface area contributed by atoms with Crippen LogP contribution in [0.2, 0.25) is 0 Å². The summed E-state index contributed by atoms with van der Waals surface area (Å²) in [7, 11) is 0. The van der Waals surface area contributed by atoms with Crippen LogP contribution in [0, 0.1) is 11.2 Å². The lowest BCUT2D eigenvalue weighted by Crippen LogP contribution is -2.39. The summed E-state index contributed by atoms with van der Waals surface area (Å²) in [5.74, 6) is -0.269. The maximum Gasteiger partial charge on any atom is 0.127 e. The van der Waals surface area contributed by atoms with E-state index in [2.05, 4.69) is 15.9 Å². The molecule has 3 N–H and O–H groups in total. The standard InChI is InChI=1S/C12H17BrFNO/c1-8(16)12(2,7-15)6-9-3-4-10(13)5-11(9)14/h3-5,8,16H,6-7,15H2,1-2H3. The predicted molar refractivity (Wildman–Crippen MR) is 66.6 cm³/mol. The van der Waals surface area contributed by atoms with E-state index in [-0.39, 0.29) is 5.82 Å². The van der Waals surface area contributed by atoms with Gasteiger partial charge in [-0.3, -0.25) is 0 Å². The van der Waals surface area contributed by atoms with Crippen LogP contribution in [0.5, 0.6) is 0 Å². The van der Waals surface area contributed by atoms with E-state index in [1.807, 2.05) is 6.92 Å². The van der Waals surface area contributed by atoms with Crippen molar-refractivity contribution in [2.24, 2.45) is 11.1 Å². The molecule has 2 nitrogen and oxygen atoms in total.